The van der Waals surface area contributed by atoms with Crippen LogP contribution >= 0.6 is 11.8 Å². The molecular formula is C26H18N4O10S. The van der Waals surface area contributed by atoms with Crippen LogP contribution in [-0.4, -0.2) is 51.6 Å². The maximum atomic E-state index is 12.9. The first-order valence-electron chi connectivity index (χ1n) is 11.8. The van der Waals surface area contributed by atoms with Gasteiger partial charge in [0.1, 0.15) is 25.5 Å². The lowest BCUT2D eigenvalue weighted by atomic mass is 10.2. The maximum Gasteiger partial charge on any atom is 0.318 e. The number of nitro groups is 2. The SMILES string of the molecule is O=C(CN1C(=O)S/C(=C/c2cccc(Oc3ccc([N+](=O)[O-])cc3[N+](=O)[O-])c2)C1=O)Nc1ccc2c(c1)OCCO2. The number of nitrogens with zero attached hydrogens (tertiary/aromatic N) is 3. The fraction of sp³-hybridized carbons (Fsp3) is 0.115. The van der Waals surface area contributed by atoms with E-state index >= 15 is 0 Å². The van der Waals surface area contributed by atoms with Crippen LogP contribution in [0.1, 0.15) is 5.56 Å². The van der Waals surface area contributed by atoms with E-state index in [1.165, 1.54) is 18.2 Å². The summed E-state index contributed by atoms with van der Waals surface area (Å²) in [5.41, 5.74) is -0.223. The highest BCUT2D eigenvalue weighted by molar-refractivity contribution is 8.18. The molecule has 1 N–H and O–H groups in total. The average molecular weight is 579 g/mol. The number of rotatable bonds is 8. The van der Waals surface area contributed by atoms with E-state index in [0.29, 0.717) is 47.7 Å². The highest BCUT2D eigenvalue weighted by Gasteiger charge is 2.36. The predicted molar refractivity (Wildman–Crippen MR) is 145 cm³/mol. The lowest BCUT2D eigenvalue weighted by molar-refractivity contribution is -0.394. The molecule has 0 bridgehead atoms. The van der Waals surface area contributed by atoms with Gasteiger partial charge in [0, 0.05) is 17.8 Å². The van der Waals surface area contributed by atoms with Crippen LogP contribution in [0.3, 0.4) is 0 Å². The van der Waals surface area contributed by atoms with E-state index in [-0.39, 0.29) is 16.4 Å². The highest BCUT2D eigenvalue weighted by Crippen LogP contribution is 2.36. The third-order valence-electron chi connectivity index (χ3n) is 5.73. The van der Waals surface area contributed by atoms with E-state index in [1.807, 2.05) is 0 Å². The van der Waals surface area contributed by atoms with Crippen LogP contribution in [0.2, 0.25) is 0 Å². The summed E-state index contributed by atoms with van der Waals surface area (Å²) >= 11 is 0.652. The number of nitrogens with one attached hydrogen (secondary N) is 1. The van der Waals surface area contributed by atoms with Gasteiger partial charge in [-0.25, -0.2) is 0 Å². The summed E-state index contributed by atoms with van der Waals surface area (Å²) in [7, 11) is 0. The monoisotopic (exact) mass is 578 g/mol. The summed E-state index contributed by atoms with van der Waals surface area (Å²) in [5.74, 6) is -0.320. The minimum atomic E-state index is -0.799. The van der Waals surface area contributed by atoms with Crippen molar-refractivity contribution in [3.63, 3.8) is 0 Å². The van der Waals surface area contributed by atoms with Crippen molar-refractivity contribution in [3.8, 4) is 23.0 Å². The topological polar surface area (TPSA) is 180 Å². The maximum absolute atomic E-state index is 12.9. The van der Waals surface area contributed by atoms with Crippen molar-refractivity contribution < 1.29 is 38.4 Å². The molecule has 2 aliphatic heterocycles. The highest BCUT2D eigenvalue weighted by atomic mass is 32.2. The van der Waals surface area contributed by atoms with E-state index < -0.39 is 44.8 Å². The first-order chi connectivity index (χ1) is 19.7. The summed E-state index contributed by atoms with van der Waals surface area (Å²) in [6.45, 7) is 0.286. The molecule has 0 spiro atoms. The van der Waals surface area contributed by atoms with Gasteiger partial charge in [0.15, 0.2) is 11.5 Å². The Bertz CT molecular complexity index is 1640. The van der Waals surface area contributed by atoms with Crippen LogP contribution in [0, 0.1) is 20.2 Å². The molecule has 1 saturated heterocycles. The second-order valence-corrected chi connectivity index (χ2v) is 9.51. The summed E-state index contributed by atoms with van der Waals surface area (Å²) in [5, 5.41) is 24.4. The molecule has 2 aliphatic rings. The summed E-state index contributed by atoms with van der Waals surface area (Å²) < 4.78 is 16.5. The van der Waals surface area contributed by atoms with Crippen LogP contribution < -0.4 is 19.5 Å². The van der Waals surface area contributed by atoms with Crippen molar-refractivity contribution >= 4 is 52.0 Å². The van der Waals surface area contributed by atoms with Crippen LogP contribution in [0.25, 0.3) is 6.08 Å². The van der Waals surface area contributed by atoms with Gasteiger partial charge >= 0.3 is 5.69 Å². The number of thioether (sulfide) groups is 1. The Morgan fingerprint density at radius 1 is 1.00 bits per heavy atom. The van der Waals surface area contributed by atoms with Crippen LogP contribution in [0.5, 0.6) is 23.0 Å². The molecule has 41 heavy (non-hydrogen) atoms. The van der Waals surface area contributed by atoms with E-state index in [4.69, 9.17) is 14.2 Å². The van der Waals surface area contributed by atoms with Gasteiger partial charge in [0.25, 0.3) is 16.8 Å². The van der Waals surface area contributed by atoms with Gasteiger partial charge in [-0.15, -0.1) is 0 Å². The Morgan fingerprint density at radius 2 is 1.78 bits per heavy atom. The molecule has 2 heterocycles. The number of amides is 3. The predicted octanol–water partition coefficient (Wildman–Crippen LogP) is 4.74. The number of non-ortho nitro benzene ring substituents is 1. The Hall–Kier alpha value is -5.44. The van der Waals surface area contributed by atoms with E-state index in [9.17, 15) is 34.6 Å². The number of carbonyl (C=O) groups excluding carboxylic acids is 3. The Labute approximate surface area is 234 Å². The number of nitro benzene ring substituents is 2. The molecule has 0 aliphatic carbocycles. The zero-order valence-electron chi connectivity index (χ0n) is 20.8. The van der Waals surface area contributed by atoms with Gasteiger partial charge in [0.2, 0.25) is 11.7 Å². The summed E-state index contributed by atoms with van der Waals surface area (Å²) in [6.07, 6.45) is 1.42. The molecule has 3 aromatic carbocycles. The molecule has 0 unspecified atom stereocenters. The quantitative estimate of drug-likeness (QED) is 0.221. The molecule has 15 heteroatoms. The van der Waals surface area contributed by atoms with Crippen LogP contribution in [0.4, 0.5) is 21.9 Å². The van der Waals surface area contributed by atoms with E-state index in [2.05, 4.69) is 5.32 Å². The summed E-state index contributed by atoms with van der Waals surface area (Å²) in [4.78, 5) is 59.7. The van der Waals surface area contributed by atoms with Gasteiger partial charge in [-0.2, -0.15) is 0 Å². The molecular weight excluding hydrogens is 560 g/mol. The molecule has 1 fully saturated rings. The average Bonchev–Trinajstić information content (AvgIpc) is 3.20. The second kappa shape index (κ2) is 11.4. The Kier molecular flexibility index (Phi) is 7.51. The molecule has 0 radical (unpaired) electrons. The van der Waals surface area contributed by atoms with Crippen molar-refractivity contribution in [2.75, 3.05) is 25.1 Å². The van der Waals surface area contributed by atoms with Crippen LogP contribution in [0.15, 0.2) is 65.6 Å². The van der Waals surface area contributed by atoms with Crippen LogP contribution in [-0.2, 0) is 9.59 Å². The fourth-order valence-corrected chi connectivity index (χ4v) is 4.73. The number of fused-ring (bicyclic) bond motifs is 1. The molecule has 0 saturated carbocycles. The van der Waals surface area contributed by atoms with Crippen molar-refractivity contribution in [3.05, 3.63) is 91.4 Å². The Balaban J connectivity index is 1.27. The molecule has 3 amide bonds. The van der Waals surface area contributed by atoms with Crippen molar-refractivity contribution in [1.29, 1.82) is 0 Å². The lowest BCUT2D eigenvalue weighted by Gasteiger charge is -2.19. The first-order valence-corrected chi connectivity index (χ1v) is 12.7. The number of hydrogen-bond acceptors (Lipinski definition) is 11. The van der Waals surface area contributed by atoms with Crippen molar-refractivity contribution in [2.45, 2.75) is 0 Å². The van der Waals surface area contributed by atoms with Crippen molar-refractivity contribution in [1.82, 2.24) is 4.90 Å². The molecule has 14 nitrogen and oxygen atoms in total. The van der Waals surface area contributed by atoms with E-state index in [0.717, 1.165) is 23.1 Å². The number of anilines is 1. The molecule has 0 atom stereocenters. The minimum absolute atomic E-state index is 0.0561. The standard InChI is InChI=1S/C26H18N4O10S/c31-24(27-16-4-6-21-22(12-16)39-9-8-38-21)14-28-25(32)23(41-26(28)33)11-15-2-1-3-18(10-15)40-20-7-5-17(29(34)35)13-19(20)30(36)37/h1-7,10-13H,8-9,14H2,(H,27,31)/b23-11+. The van der Waals surface area contributed by atoms with Gasteiger partial charge < -0.3 is 19.5 Å². The zero-order chi connectivity index (χ0) is 29.1. The largest absolute Gasteiger partial charge is 0.486 e. The van der Waals surface area contributed by atoms with Crippen molar-refractivity contribution in [2.24, 2.45) is 0 Å². The minimum Gasteiger partial charge on any atom is -0.486 e. The number of hydrogen-bond donors (Lipinski definition) is 1. The second-order valence-electron chi connectivity index (χ2n) is 8.52. The third kappa shape index (κ3) is 6.09. The molecule has 3 aromatic rings. The number of ether oxygens (including phenoxy) is 3. The molecule has 208 valence electrons. The van der Waals surface area contributed by atoms with Gasteiger partial charge in [-0.1, -0.05) is 12.1 Å². The smallest absolute Gasteiger partial charge is 0.318 e. The Morgan fingerprint density at radius 3 is 2.54 bits per heavy atom. The van der Waals surface area contributed by atoms with Gasteiger partial charge in [-0.3, -0.25) is 39.5 Å². The lowest BCUT2D eigenvalue weighted by Crippen LogP contribution is -2.36. The van der Waals surface area contributed by atoms with Gasteiger partial charge in [0.05, 0.1) is 20.8 Å². The third-order valence-corrected chi connectivity index (χ3v) is 6.64. The summed E-state index contributed by atoms with van der Waals surface area (Å²) in [6, 6.07) is 14.0. The molecule has 5 rings (SSSR count). The van der Waals surface area contributed by atoms with E-state index in [1.54, 1.807) is 30.3 Å². The number of imide groups is 1. The number of carbonyl (C=O) groups is 3. The number of benzene rings is 3. The first kappa shape index (κ1) is 27.1. The fourth-order valence-electron chi connectivity index (χ4n) is 3.90. The molecule has 0 aromatic heterocycles. The zero-order valence-corrected chi connectivity index (χ0v) is 21.6. The normalized spacial score (nSPS) is 15.1. The van der Waals surface area contributed by atoms with Gasteiger partial charge in [-0.05, 0) is 53.7 Å².